The van der Waals surface area contributed by atoms with Crippen LogP contribution in [-0.2, 0) is 20.1 Å². The molecule has 0 radical (unpaired) electrons. The Morgan fingerprint density at radius 1 is 1.21 bits per heavy atom. The van der Waals surface area contributed by atoms with Crippen molar-refractivity contribution in [1.29, 1.82) is 0 Å². The molecular formula is C21H26N6O. The Bertz CT molecular complexity index is 1000. The lowest BCUT2D eigenvalue weighted by atomic mass is 10.0. The first-order chi connectivity index (χ1) is 13.5. The van der Waals surface area contributed by atoms with E-state index in [1.54, 1.807) is 0 Å². The lowest BCUT2D eigenvalue weighted by molar-refractivity contribution is 0.193. The highest BCUT2D eigenvalue weighted by atomic mass is 16.2. The van der Waals surface area contributed by atoms with E-state index in [0.717, 1.165) is 40.3 Å². The van der Waals surface area contributed by atoms with E-state index in [4.69, 9.17) is 0 Å². The third-order valence-corrected chi connectivity index (χ3v) is 5.56. The molecule has 0 aliphatic carbocycles. The van der Waals surface area contributed by atoms with E-state index in [0.29, 0.717) is 13.1 Å². The molecule has 2 aromatic heterocycles. The molecule has 0 fully saturated rings. The molecule has 1 N–H and O–H groups in total. The molecule has 0 spiro atoms. The highest BCUT2D eigenvalue weighted by Crippen LogP contribution is 2.27. The Morgan fingerprint density at radius 3 is 2.61 bits per heavy atom. The van der Waals surface area contributed by atoms with Gasteiger partial charge in [-0.05, 0) is 32.4 Å². The smallest absolute Gasteiger partial charge is 0.318 e. The Kier molecular flexibility index (Phi) is 4.66. The standard InChI is InChI=1S/C21H26N6O/c1-5-18(20-14(2)24-25(4)15(20)3)23-21(28)26-12-16-11-22-27(19(16)13-26)17-9-7-6-8-10-17/h6-11,18H,5,12-13H2,1-4H3,(H,23,28). The van der Waals surface area contributed by atoms with Crippen LogP contribution in [0, 0.1) is 13.8 Å². The first-order valence-corrected chi connectivity index (χ1v) is 9.66. The summed E-state index contributed by atoms with van der Waals surface area (Å²) in [6.45, 7) is 7.26. The number of rotatable bonds is 4. The fourth-order valence-electron chi connectivity index (χ4n) is 4.00. The van der Waals surface area contributed by atoms with Gasteiger partial charge in [0.25, 0.3) is 0 Å². The second-order valence-corrected chi connectivity index (χ2v) is 7.34. The van der Waals surface area contributed by atoms with Crippen molar-refractivity contribution in [3.63, 3.8) is 0 Å². The molecule has 1 aliphatic rings. The average Bonchev–Trinajstić information content (AvgIpc) is 3.34. The van der Waals surface area contributed by atoms with Gasteiger partial charge in [-0.15, -0.1) is 0 Å². The van der Waals surface area contributed by atoms with E-state index < -0.39 is 0 Å². The Labute approximate surface area is 165 Å². The maximum absolute atomic E-state index is 13.0. The van der Waals surface area contributed by atoms with Gasteiger partial charge in [0.15, 0.2) is 0 Å². The topological polar surface area (TPSA) is 68.0 Å². The van der Waals surface area contributed by atoms with E-state index >= 15 is 0 Å². The van der Waals surface area contributed by atoms with Crippen LogP contribution in [0.5, 0.6) is 0 Å². The molecule has 1 aromatic carbocycles. The quantitative estimate of drug-likeness (QED) is 0.757. The molecule has 0 saturated carbocycles. The number of fused-ring (bicyclic) bond motifs is 1. The first-order valence-electron chi connectivity index (χ1n) is 9.66. The number of nitrogens with one attached hydrogen (secondary N) is 1. The van der Waals surface area contributed by atoms with Crippen LogP contribution in [0.2, 0.25) is 0 Å². The normalized spacial score (nSPS) is 14.2. The van der Waals surface area contributed by atoms with E-state index in [1.165, 1.54) is 0 Å². The number of nitrogens with zero attached hydrogens (tertiary/aromatic N) is 5. The highest BCUT2D eigenvalue weighted by Gasteiger charge is 2.29. The molecule has 0 bridgehead atoms. The largest absolute Gasteiger partial charge is 0.331 e. The summed E-state index contributed by atoms with van der Waals surface area (Å²) in [5, 5.41) is 12.2. The number of aryl methyl sites for hydroxylation is 2. The number of carbonyl (C=O) groups is 1. The van der Waals surface area contributed by atoms with Gasteiger partial charge < -0.3 is 10.2 Å². The summed E-state index contributed by atoms with van der Waals surface area (Å²) < 4.78 is 3.80. The van der Waals surface area contributed by atoms with Gasteiger partial charge in [-0.2, -0.15) is 10.2 Å². The molecule has 4 rings (SSSR count). The predicted octanol–water partition coefficient (Wildman–Crippen LogP) is 3.40. The first kappa shape index (κ1) is 18.3. The zero-order chi connectivity index (χ0) is 19.8. The van der Waals surface area contributed by atoms with Gasteiger partial charge in [0, 0.05) is 23.9 Å². The molecule has 7 nitrogen and oxygen atoms in total. The highest BCUT2D eigenvalue weighted by molar-refractivity contribution is 5.75. The second-order valence-electron chi connectivity index (χ2n) is 7.34. The number of aromatic nitrogens is 4. The number of carbonyl (C=O) groups excluding carboxylic acids is 1. The molecule has 3 heterocycles. The van der Waals surface area contributed by atoms with Crippen LogP contribution in [0.15, 0.2) is 36.5 Å². The van der Waals surface area contributed by atoms with Crippen molar-refractivity contribution >= 4 is 6.03 Å². The van der Waals surface area contributed by atoms with Crippen LogP contribution < -0.4 is 5.32 Å². The minimum Gasteiger partial charge on any atom is -0.331 e. The molecule has 2 amide bonds. The molecule has 3 aromatic rings. The number of hydrogen-bond acceptors (Lipinski definition) is 3. The van der Waals surface area contributed by atoms with Gasteiger partial charge in [-0.3, -0.25) is 4.68 Å². The molecule has 146 valence electrons. The van der Waals surface area contributed by atoms with E-state index in [1.807, 2.05) is 71.7 Å². The summed E-state index contributed by atoms with van der Waals surface area (Å²) in [5.41, 5.74) is 6.36. The van der Waals surface area contributed by atoms with Crippen molar-refractivity contribution in [2.24, 2.45) is 7.05 Å². The molecule has 1 atom stereocenters. The van der Waals surface area contributed by atoms with Crippen molar-refractivity contribution in [3.8, 4) is 5.69 Å². The molecule has 0 saturated heterocycles. The number of urea groups is 1. The SMILES string of the molecule is CCC(NC(=O)N1Cc2cnn(-c3ccccc3)c2C1)c1c(C)nn(C)c1C. The second kappa shape index (κ2) is 7.14. The van der Waals surface area contributed by atoms with Crippen molar-refractivity contribution in [3.05, 3.63) is 64.7 Å². The van der Waals surface area contributed by atoms with Gasteiger partial charge >= 0.3 is 6.03 Å². The summed E-state index contributed by atoms with van der Waals surface area (Å²) in [4.78, 5) is 14.8. The average molecular weight is 378 g/mol. The van der Waals surface area contributed by atoms with Gasteiger partial charge in [0.05, 0.1) is 42.4 Å². The third kappa shape index (κ3) is 3.06. The van der Waals surface area contributed by atoms with E-state index in [2.05, 4.69) is 22.4 Å². The van der Waals surface area contributed by atoms with Crippen molar-refractivity contribution < 1.29 is 4.79 Å². The minimum absolute atomic E-state index is 0.0458. The van der Waals surface area contributed by atoms with Gasteiger partial charge in [0.1, 0.15) is 0 Å². The van der Waals surface area contributed by atoms with Gasteiger partial charge in [-0.1, -0.05) is 25.1 Å². The van der Waals surface area contributed by atoms with Crippen molar-refractivity contribution in [2.75, 3.05) is 0 Å². The van der Waals surface area contributed by atoms with Crippen LogP contribution in [0.1, 0.15) is 47.6 Å². The van der Waals surface area contributed by atoms with Crippen molar-refractivity contribution in [1.82, 2.24) is 29.8 Å². The predicted molar refractivity (Wildman–Crippen MR) is 107 cm³/mol. The summed E-state index contributed by atoms with van der Waals surface area (Å²) in [6, 6.07) is 9.93. The summed E-state index contributed by atoms with van der Waals surface area (Å²) >= 11 is 0. The maximum Gasteiger partial charge on any atom is 0.318 e. The summed E-state index contributed by atoms with van der Waals surface area (Å²) in [7, 11) is 1.94. The zero-order valence-corrected chi connectivity index (χ0v) is 16.8. The molecule has 1 unspecified atom stereocenters. The Balaban J connectivity index is 1.51. The van der Waals surface area contributed by atoms with Crippen LogP contribution >= 0.6 is 0 Å². The molecular weight excluding hydrogens is 352 g/mol. The lowest BCUT2D eigenvalue weighted by Crippen LogP contribution is -2.39. The van der Waals surface area contributed by atoms with Crippen LogP contribution in [0.3, 0.4) is 0 Å². The van der Waals surface area contributed by atoms with Crippen LogP contribution in [-0.4, -0.2) is 30.5 Å². The molecule has 1 aliphatic heterocycles. The van der Waals surface area contributed by atoms with Crippen molar-refractivity contribution in [2.45, 2.75) is 46.3 Å². The Hall–Kier alpha value is -3.09. The van der Waals surface area contributed by atoms with Crippen LogP contribution in [0.4, 0.5) is 4.79 Å². The van der Waals surface area contributed by atoms with Gasteiger partial charge in [-0.25, -0.2) is 9.48 Å². The fourth-order valence-corrected chi connectivity index (χ4v) is 4.00. The third-order valence-electron chi connectivity index (χ3n) is 5.56. The summed E-state index contributed by atoms with van der Waals surface area (Å²) in [6.07, 6.45) is 2.68. The fraction of sp³-hybridized carbons (Fsp3) is 0.381. The molecule has 7 heteroatoms. The monoisotopic (exact) mass is 378 g/mol. The minimum atomic E-state index is -0.0506. The number of amides is 2. The number of para-hydroxylation sites is 1. The lowest BCUT2D eigenvalue weighted by Gasteiger charge is -2.23. The van der Waals surface area contributed by atoms with Gasteiger partial charge in [0.2, 0.25) is 0 Å². The molecule has 28 heavy (non-hydrogen) atoms. The summed E-state index contributed by atoms with van der Waals surface area (Å²) in [5.74, 6) is 0. The number of benzene rings is 1. The maximum atomic E-state index is 13.0. The zero-order valence-electron chi connectivity index (χ0n) is 16.8. The van der Waals surface area contributed by atoms with Crippen LogP contribution in [0.25, 0.3) is 5.69 Å². The van der Waals surface area contributed by atoms with E-state index in [-0.39, 0.29) is 12.1 Å². The Morgan fingerprint density at radius 2 is 1.96 bits per heavy atom. The van der Waals surface area contributed by atoms with E-state index in [9.17, 15) is 4.79 Å². The number of hydrogen-bond donors (Lipinski definition) is 1.